The minimum absolute atomic E-state index is 0.213. The van der Waals surface area contributed by atoms with E-state index < -0.39 is 0 Å². The van der Waals surface area contributed by atoms with Crippen molar-refractivity contribution in [3.05, 3.63) is 109 Å². The van der Waals surface area contributed by atoms with Gasteiger partial charge in [0.15, 0.2) is 5.69 Å². The SMILES string of the molecule is O=C(Nc1cccc(OCc2cn3ccccc3n2)c1)c1ccn(-c2cccc(F)c2)n1. The molecule has 0 aliphatic heterocycles. The molecular formula is C24H18FN5O2. The zero-order valence-corrected chi connectivity index (χ0v) is 16.9. The highest BCUT2D eigenvalue weighted by Crippen LogP contribution is 2.19. The van der Waals surface area contributed by atoms with Gasteiger partial charge in [-0.1, -0.05) is 18.2 Å². The minimum atomic E-state index is -0.377. The van der Waals surface area contributed by atoms with Crippen molar-refractivity contribution in [2.24, 2.45) is 0 Å². The van der Waals surface area contributed by atoms with Crippen molar-refractivity contribution in [3.63, 3.8) is 0 Å². The van der Waals surface area contributed by atoms with E-state index >= 15 is 0 Å². The zero-order chi connectivity index (χ0) is 21.9. The number of ether oxygens (including phenoxy) is 1. The number of halogens is 1. The number of imidazole rings is 1. The first-order valence-corrected chi connectivity index (χ1v) is 9.92. The van der Waals surface area contributed by atoms with Crippen LogP contribution in [-0.4, -0.2) is 25.1 Å². The van der Waals surface area contributed by atoms with Gasteiger partial charge in [0.25, 0.3) is 5.91 Å². The Morgan fingerprint density at radius 2 is 1.91 bits per heavy atom. The summed E-state index contributed by atoms with van der Waals surface area (Å²) < 4.78 is 22.7. The number of nitrogens with one attached hydrogen (secondary N) is 1. The van der Waals surface area contributed by atoms with Gasteiger partial charge in [-0.25, -0.2) is 14.1 Å². The molecule has 0 radical (unpaired) electrons. The normalized spacial score (nSPS) is 10.9. The van der Waals surface area contributed by atoms with E-state index in [9.17, 15) is 9.18 Å². The smallest absolute Gasteiger partial charge is 0.276 e. The number of anilines is 1. The van der Waals surface area contributed by atoms with Crippen molar-refractivity contribution >= 4 is 17.2 Å². The van der Waals surface area contributed by atoms with E-state index in [0.29, 0.717) is 23.7 Å². The monoisotopic (exact) mass is 427 g/mol. The summed E-state index contributed by atoms with van der Waals surface area (Å²) in [4.78, 5) is 17.1. The highest BCUT2D eigenvalue weighted by molar-refractivity contribution is 6.02. The molecule has 158 valence electrons. The van der Waals surface area contributed by atoms with Crippen LogP contribution in [0.3, 0.4) is 0 Å². The van der Waals surface area contributed by atoms with Crippen LogP contribution >= 0.6 is 0 Å². The summed E-state index contributed by atoms with van der Waals surface area (Å²) in [6, 6.07) is 20.5. The van der Waals surface area contributed by atoms with Crippen LogP contribution in [0.4, 0.5) is 10.1 Å². The fourth-order valence-electron chi connectivity index (χ4n) is 3.28. The molecule has 0 atom stereocenters. The molecule has 0 aliphatic carbocycles. The largest absolute Gasteiger partial charge is 0.487 e. The topological polar surface area (TPSA) is 73.4 Å². The maximum atomic E-state index is 13.4. The van der Waals surface area contributed by atoms with Crippen molar-refractivity contribution < 1.29 is 13.9 Å². The molecule has 0 spiro atoms. The Bertz CT molecular complexity index is 1380. The second-order valence-electron chi connectivity index (χ2n) is 7.09. The van der Waals surface area contributed by atoms with Gasteiger partial charge in [-0.3, -0.25) is 4.79 Å². The molecule has 5 rings (SSSR count). The lowest BCUT2D eigenvalue weighted by atomic mass is 10.3. The lowest BCUT2D eigenvalue weighted by Gasteiger charge is -2.08. The van der Waals surface area contributed by atoms with E-state index in [1.165, 1.54) is 16.8 Å². The van der Waals surface area contributed by atoms with Crippen LogP contribution in [0.5, 0.6) is 5.75 Å². The van der Waals surface area contributed by atoms with Gasteiger partial charge in [-0.15, -0.1) is 0 Å². The van der Waals surface area contributed by atoms with Crippen LogP contribution in [0.1, 0.15) is 16.2 Å². The van der Waals surface area contributed by atoms with E-state index in [4.69, 9.17) is 4.74 Å². The molecule has 0 fully saturated rings. The van der Waals surface area contributed by atoms with Crippen molar-refractivity contribution in [1.29, 1.82) is 0 Å². The number of amides is 1. The third kappa shape index (κ3) is 4.20. The predicted molar refractivity (Wildman–Crippen MR) is 117 cm³/mol. The fourth-order valence-corrected chi connectivity index (χ4v) is 3.28. The second-order valence-corrected chi connectivity index (χ2v) is 7.09. The van der Waals surface area contributed by atoms with Crippen LogP contribution in [0, 0.1) is 5.82 Å². The molecule has 3 heterocycles. The van der Waals surface area contributed by atoms with Gasteiger partial charge < -0.3 is 14.5 Å². The summed E-state index contributed by atoms with van der Waals surface area (Å²) in [6.07, 6.45) is 5.45. The average Bonchev–Trinajstić information content (AvgIpc) is 3.45. The van der Waals surface area contributed by atoms with E-state index in [0.717, 1.165) is 11.3 Å². The Labute approximate surface area is 182 Å². The molecule has 8 heteroatoms. The molecule has 0 saturated heterocycles. The predicted octanol–water partition coefficient (Wildman–Crippen LogP) is 4.49. The van der Waals surface area contributed by atoms with Gasteiger partial charge in [0.2, 0.25) is 0 Å². The van der Waals surface area contributed by atoms with Crippen LogP contribution in [-0.2, 0) is 6.61 Å². The molecule has 0 aliphatic rings. The van der Waals surface area contributed by atoms with E-state index in [1.54, 1.807) is 42.6 Å². The number of hydrogen-bond donors (Lipinski definition) is 1. The van der Waals surface area contributed by atoms with Gasteiger partial charge in [-0.2, -0.15) is 5.10 Å². The summed E-state index contributed by atoms with van der Waals surface area (Å²) in [5.41, 5.74) is 2.97. The highest BCUT2D eigenvalue weighted by atomic mass is 19.1. The quantitative estimate of drug-likeness (QED) is 0.433. The Balaban J connectivity index is 1.25. The maximum absolute atomic E-state index is 13.4. The molecule has 2 aromatic carbocycles. The van der Waals surface area contributed by atoms with Gasteiger partial charge in [0.1, 0.15) is 23.8 Å². The molecule has 1 N–H and O–H groups in total. The average molecular weight is 427 g/mol. The van der Waals surface area contributed by atoms with Gasteiger partial charge >= 0.3 is 0 Å². The number of aromatic nitrogens is 4. The summed E-state index contributed by atoms with van der Waals surface area (Å²) >= 11 is 0. The second kappa shape index (κ2) is 8.35. The van der Waals surface area contributed by atoms with Crippen LogP contribution in [0.2, 0.25) is 0 Å². The summed E-state index contributed by atoms with van der Waals surface area (Å²) in [6.45, 7) is 0.303. The molecule has 0 bridgehead atoms. The number of hydrogen-bond acceptors (Lipinski definition) is 4. The third-order valence-corrected chi connectivity index (χ3v) is 4.79. The van der Waals surface area contributed by atoms with Crippen LogP contribution in [0.25, 0.3) is 11.3 Å². The molecule has 5 aromatic rings. The number of fused-ring (bicyclic) bond motifs is 1. The van der Waals surface area contributed by atoms with E-state index in [-0.39, 0.29) is 17.4 Å². The Morgan fingerprint density at radius 1 is 1.00 bits per heavy atom. The number of nitrogens with zero attached hydrogens (tertiary/aromatic N) is 4. The number of carbonyl (C=O) groups excluding carboxylic acids is 1. The zero-order valence-electron chi connectivity index (χ0n) is 16.9. The molecule has 0 saturated carbocycles. The summed E-state index contributed by atoms with van der Waals surface area (Å²) in [5.74, 6) is -0.146. The molecule has 3 aromatic heterocycles. The minimum Gasteiger partial charge on any atom is -0.487 e. The van der Waals surface area contributed by atoms with Gasteiger partial charge in [-0.05, 0) is 48.5 Å². The molecule has 32 heavy (non-hydrogen) atoms. The summed E-state index contributed by atoms with van der Waals surface area (Å²) in [5, 5.41) is 7.04. The van der Waals surface area contributed by atoms with Crippen molar-refractivity contribution in [3.8, 4) is 11.4 Å². The van der Waals surface area contributed by atoms with E-state index in [1.807, 2.05) is 41.1 Å². The van der Waals surface area contributed by atoms with Gasteiger partial charge in [0, 0.05) is 30.3 Å². The van der Waals surface area contributed by atoms with Crippen molar-refractivity contribution in [2.75, 3.05) is 5.32 Å². The molecule has 7 nitrogen and oxygen atoms in total. The lowest BCUT2D eigenvalue weighted by Crippen LogP contribution is -2.13. The maximum Gasteiger partial charge on any atom is 0.276 e. The lowest BCUT2D eigenvalue weighted by molar-refractivity contribution is 0.102. The Hall–Kier alpha value is -4.46. The fraction of sp³-hybridized carbons (Fsp3) is 0.0417. The summed E-state index contributed by atoms with van der Waals surface area (Å²) in [7, 11) is 0. The standard InChI is InChI=1S/C24H18FN5O2/c25-17-5-3-7-20(13-17)30-12-10-22(28-30)24(31)27-18-6-4-8-21(14-18)32-16-19-15-29-11-2-1-9-23(29)26-19/h1-15H,16H2,(H,27,31). The van der Waals surface area contributed by atoms with E-state index in [2.05, 4.69) is 15.4 Å². The Kier molecular flexibility index (Phi) is 5.09. The first-order valence-electron chi connectivity index (χ1n) is 9.92. The first-order chi connectivity index (χ1) is 15.6. The number of carbonyl (C=O) groups is 1. The number of pyridine rings is 1. The van der Waals surface area contributed by atoms with Gasteiger partial charge in [0.05, 0.1) is 11.4 Å². The highest BCUT2D eigenvalue weighted by Gasteiger charge is 2.12. The molecule has 1 amide bonds. The van der Waals surface area contributed by atoms with Crippen molar-refractivity contribution in [2.45, 2.75) is 6.61 Å². The van der Waals surface area contributed by atoms with Crippen LogP contribution in [0.15, 0.2) is 91.4 Å². The molecule has 0 unspecified atom stereocenters. The van der Waals surface area contributed by atoms with Crippen molar-refractivity contribution in [1.82, 2.24) is 19.2 Å². The number of rotatable bonds is 6. The number of benzene rings is 2. The van der Waals surface area contributed by atoms with Crippen LogP contribution < -0.4 is 10.1 Å². The molecular weight excluding hydrogens is 409 g/mol. The first kappa shape index (κ1) is 19.5. The Morgan fingerprint density at radius 3 is 2.78 bits per heavy atom. The third-order valence-electron chi connectivity index (χ3n) is 4.79.